The molecule has 7 nitrogen and oxygen atoms in total. The molecule has 1 aromatic rings. The van der Waals surface area contributed by atoms with Gasteiger partial charge in [0.15, 0.2) is 0 Å². The van der Waals surface area contributed by atoms with Gasteiger partial charge >= 0.3 is 5.97 Å². The van der Waals surface area contributed by atoms with Crippen LogP contribution >= 0.6 is 0 Å². The number of hydrogen-bond donors (Lipinski definition) is 2. The normalized spacial score (nSPS) is 10.2. The molecule has 0 atom stereocenters. The fourth-order valence-corrected chi connectivity index (χ4v) is 1.40. The van der Waals surface area contributed by atoms with E-state index in [9.17, 15) is 9.59 Å². The predicted molar refractivity (Wildman–Crippen MR) is 66.1 cm³/mol. The molecular formula is C11H18N4O3. The second-order valence-corrected chi connectivity index (χ2v) is 3.69. The molecule has 0 fully saturated rings. The summed E-state index contributed by atoms with van der Waals surface area (Å²) in [5.41, 5.74) is 5.58. The van der Waals surface area contributed by atoms with Crippen molar-refractivity contribution in [1.29, 1.82) is 0 Å². The van der Waals surface area contributed by atoms with Crippen LogP contribution in [0.5, 0.6) is 0 Å². The summed E-state index contributed by atoms with van der Waals surface area (Å²) in [4.78, 5) is 23.2. The van der Waals surface area contributed by atoms with E-state index in [1.54, 1.807) is 14.0 Å². The number of rotatable bonds is 6. The number of ether oxygens (including phenoxy) is 1. The SMILES string of the molecule is CCOC(=O)c1cnn(C)c1NC(=O)CCCN. The molecule has 0 aliphatic carbocycles. The maximum absolute atomic E-state index is 11.6. The van der Waals surface area contributed by atoms with E-state index in [2.05, 4.69) is 10.4 Å². The van der Waals surface area contributed by atoms with Gasteiger partial charge in [0.2, 0.25) is 5.91 Å². The number of nitrogens with zero attached hydrogens (tertiary/aromatic N) is 2. The molecule has 0 radical (unpaired) electrons. The Morgan fingerprint density at radius 2 is 2.28 bits per heavy atom. The van der Waals surface area contributed by atoms with Gasteiger partial charge < -0.3 is 15.8 Å². The summed E-state index contributed by atoms with van der Waals surface area (Å²) in [5.74, 6) is -0.357. The average molecular weight is 254 g/mol. The zero-order valence-electron chi connectivity index (χ0n) is 10.6. The first-order valence-electron chi connectivity index (χ1n) is 5.79. The van der Waals surface area contributed by atoms with Gasteiger partial charge in [-0.25, -0.2) is 4.79 Å². The van der Waals surface area contributed by atoms with E-state index in [-0.39, 0.29) is 18.1 Å². The van der Waals surface area contributed by atoms with Crippen LogP contribution in [0.25, 0.3) is 0 Å². The van der Waals surface area contributed by atoms with Gasteiger partial charge in [-0.15, -0.1) is 0 Å². The zero-order valence-corrected chi connectivity index (χ0v) is 10.6. The second-order valence-electron chi connectivity index (χ2n) is 3.69. The van der Waals surface area contributed by atoms with Crippen LogP contribution in [-0.4, -0.2) is 34.8 Å². The number of anilines is 1. The van der Waals surface area contributed by atoms with Crippen molar-refractivity contribution in [3.8, 4) is 0 Å². The summed E-state index contributed by atoms with van der Waals surface area (Å²) in [5, 5.41) is 6.57. The Morgan fingerprint density at radius 1 is 1.56 bits per heavy atom. The number of hydrogen-bond acceptors (Lipinski definition) is 5. The molecular weight excluding hydrogens is 236 g/mol. The van der Waals surface area contributed by atoms with Crippen LogP contribution in [0.2, 0.25) is 0 Å². The Balaban J connectivity index is 2.78. The van der Waals surface area contributed by atoms with E-state index in [1.807, 2.05) is 0 Å². The molecule has 0 saturated heterocycles. The summed E-state index contributed by atoms with van der Waals surface area (Å²) in [7, 11) is 1.64. The molecule has 1 amide bonds. The minimum atomic E-state index is -0.500. The highest BCUT2D eigenvalue weighted by Crippen LogP contribution is 2.15. The van der Waals surface area contributed by atoms with E-state index in [0.717, 1.165) is 0 Å². The number of aromatic nitrogens is 2. The monoisotopic (exact) mass is 254 g/mol. The van der Waals surface area contributed by atoms with Crippen LogP contribution in [0, 0.1) is 0 Å². The molecule has 100 valence electrons. The van der Waals surface area contributed by atoms with Gasteiger partial charge in [-0.1, -0.05) is 0 Å². The van der Waals surface area contributed by atoms with Crippen LogP contribution in [0.3, 0.4) is 0 Å². The lowest BCUT2D eigenvalue weighted by molar-refractivity contribution is -0.116. The molecule has 0 bridgehead atoms. The van der Waals surface area contributed by atoms with Crippen molar-refractivity contribution in [1.82, 2.24) is 9.78 Å². The third-order valence-corrected chi connectivity index (χ3v) is 2.30. The smallest absolute Gasteiger partial charge is 0.343 e. The Morgan fingerprint density at radius 3 is 2.89 bits per heavy atom. The number of carbonyl (C=O) groups excluding carboxylic acids is 2. The molecule has 0 saturated carbocycles. The van der Waals surface area contributed by atoms with Crippen LogP contribution in [-0.2, 0) is 16.6 Å². The Hall–Kier alpha value is -1.89. The average Bonchev–Trinajstić information content (AvgIpc) is 2.69. The highest BCUT2D eigenvalue weighted by molar-refractivity contribution is 6.00. The van der Waals surface area contributed by atoms with Crippen LogP contribution in [0.4, 0.5) is 5.82 Å². The third-order valence-electron chi connectivity index (χ3n) is 2.30. The van der Waals surface area contributed by atoms with Crippen molar-refractivity contribution in [2.24, 2.45) is 12.8 Å². The zero-order chi connectivity index (χ0) is 13.5. The summed E-state index contributed by atoms with van der Waals surface area (Å²) < 4.78 is 6.30. The maximum atomic E-state index is 11.6. The summed E-state index contributed by atoms with van der Waals surface area (Å²) in [6.45, 7) is 2.44. The first-order valence-corrected chi connectivity index (χ1v) is 5.79. The first kappa shape index (κ1) is 14.2. The number of esters is 1. The van der Waals surface area contributed by atoms with Crippen LogP contribution in [0.1, 0.15) is 30.1 Å². The van der Waals surface area contributed by atoms with Crippen LogP contribution < -0.4 is 11.1 Å². The summed E-state index contributed by atoms with van der Waals surface area (Å²) in [6, 6.07) is 0. The van der Waals surface area contributed by atoms with Crippen molar-refractivity contribution in [3.05, 3.63) is 11.8 Å². The van der Waals surface area contributed by atoms with E-state index < -0.39 is 5.97 Å². The quantitative estimate of drug-likeness (QED) is 0.710. The number of amides is 1. The molecule has 18 heavy (non-hydrogen) atoms. The number of nitrogens with two attached hydrogens (primary N) is 1. The molecule has 0 aliphatic heterocycles. The minimum absolute atomic E-state index is 0.199. The number of carbonyl (C=O) groups is 2. The van der Waals surface area contributed by atoms with Crippen molar-refractivity contribution in [2.45, 2.75) is 19.8 Å². The lowest BCUT2D eigenvalue weighted by atomic mass is 10.3. The standard InChI is InChI=1S/C11H18N4O3/c1-3-18-11(17)8-7-13-15(2)10(8)14-9(16)5-4-6-12/h7H,3-6,12H2,1-2H3,(H,14,16). The van der Waals surface area contributed by atoms with Gasteiger partial charge in [-0.05, 0) is 19.9 Å². The maximum Gasteiger partial charge on any atom is 0.343 e. The van der Waals surface area contributed by atoms with Gasteiger partial charge in [-0.2, -0.15) is 5.10 Å². The van der Waals surface area contributed by atoms with Crippen molar-refractivity contribution in [2.75, 3.05) is 18.5 Å². The van der Waals surface area contributed by atoms with Gasteiger partial charge in [0.05, 0.1) is 12.8 Å². The van der Waals surface area contributed by atoms with E-state index in [1.165, 1.54) is 10.9 Å². The lowest BCUT2D eigenvalue weighted by Crippen LogP contribution is -2.18. The molecule has 1 rings (SSSR count). The molecule has 0 spiro atoms. The third kappa shape index (κ3) is 3.56. The molecule has 0 unspecified atom stereocenters. The molecule has 0 aliphatic rings. The predicted octanol–water partition coefficient (Wildman–Crippen LogP) is 0.274. The largest absolute Gasteiger partial charge is 0.462 e. The first-order chi connectivity index (χ1) is 8.60. The van der Waals surface area contributed by atoms with Gasteiger partial charge in [0, 0.05) is 13.5 Å². The number of aryl methyl sites for hydroxylation is 1. The Kier molecular flexibility index (Phi) is 5.31. The topological polar surface area (TPSA) is 99.2 Å². The molecule has 3 N–H and O–H groups in total. The van der Waals surface area contributed by atoms with Crippen molar-refractivity contribution < 1.29 is 14.3 Å². The Bertz CT molecular complexity index is 428. The van der Waals surface area contributed by atoms with E-state index in [0.29, 0.717) is 25.2 Å². The van der Waals surface area contributed by atoms with Crippen molar-refractivity contribution >= 4 is 17.7 Å². The minimum Gasteiger partial charge on any atom is -0.462 e. The van der Waals surface area contributed by atoms with Crippen LogP contribution in [0.15, 0.2) is 6.20 Å². The van der Waals surface area contributed by atoms with Gasteiger partial charge in [-0.3, -0.25) is 9.48 Å². The van der Waals surface area contributed by atoms with Gasteiger partial charge in [0.25, 0.3) is 0 Å². The highest BCUT2D eigenvalue weighted by Gasteiger charge is 2.18. The molecule has 1 heterocycles. The summed E-state index contributed by atoms with van der Waals surface area (Å²) in [6.07, 6.45) is 2.28. The van der Waals surface area contributed by atoms with Crippen molar-refractivity contribution in [3.63, 3.8) is 0 Å². The Labute approximate surface area is 105 Å². The van der Waals surface area contributed by atoms with E-state index >= 15 is 0 Å². The molecule has 1 aromatic heterocycles. The molecule has 7 heteroatoms. The molecule has 0 aromatic carbocycles. The fourth-order valence-electron chi connectivity index (χ4n) is 1.40. The number of nitrogens with one attached hydrogen (secondary N) is 1. The summed E-state index contributed by atoms with van der Waals surface area (Å²) >= 11 is 0. The fraction of sp³-hybridized carbons (Fsp3) is 0.545. The van der Waals surface area contributed by atoms with Gasteiger partial charge in [0.1, 0.15) is 11.4 Å². The highest BCUT2D eigenvalue weighted by atomic mass is 16.5. The second kappa shape index (κ2) is 6.75. The van der Waals surface area contributed by atoms with E-state index in [4.69, 9.17) is 10.5 Å². The lowest BCUT2D eigenvalue weighted by Gasteiger charge is -2.07.